The molecule has 0 saturated heterocycles. The molecule has 0 aromatic heterocycles. The van der Waals surface area contributed by atoms with Gasteiger partial charge in [0.1, 0.15) is 0 Å². The minimum Gasteiger partial charge on any atom is -0.395 e. The van der Waals surface area contributed by atoms with Gasteiger partial charge in [-0.05, 0) is 32.1 Å². The summed E-state index contributed by atoms with van der Waals surface area (Å²) in [6.45, 7) is 2.11. The Morgan fingerprint density at radius 2 is 1.52 bits per heavy atom. The van der Waals surface area contributed by atoms with Crippen molar-refractivity contribution in [2.45, 2.75) is 57.7 Å². The summed E-state index contributed by atoms with van der Waals surface area (Å²) in [5, 5.41) is 30.3. The Hall–Kier alpha value is -2.21. The van der Waals surface area contributed by atoms with Crippen LogP contribution in [0.15, 0.2) is 72.9 Å². The van der Waals surface area contributed by atoms with E-state index in [1.807, 2.05) is 37.3 Å². The number of carbonyl (C=O) groups excluding carboxylic acids is 1. The fraction of sp³-hybridized carbons (Fsp3) is 0.458. The second kappa shape index (κ2) is 20.5. The summed E-state index contributed by atoms with van der Waals surface area (Å²) in [6, 6.07) is 0. The molecule has 0 aromatic rings. The number of aliphatic hydroxyl groups excluding tert-OH is 3. The highest BCUT2D eigenvalue weighted by Gasteiger charge is 2.04. The monoisotopic (exact) mass is 403 g/mol. The van der Waals surface area contributed by atoms with Gasteiger partial charge in [0.15, 0.2) is 0 Å². The summed E-state index contributed by atoms with van der Waals surface area (Å²) in [5.41, 5.74) is 0. The molecule has 29 heavy (non-hydrogen) atoms. The summed E-state index contributed by atoms with van der Waals surface area (Å²) in [6.07, 6.45) is 26.3. The molecule has 0 spiro atoms. The lowest BCUT2D eigenvalue weighted by Crippen LogP contribution is -2.26. The van der Waals surface area contributed by atoms with E-state index in [-0.39, 0.29) is 31.6 Å². The number of unbranched alkanes of at least 4 members (excludes halogenated alkanes) is 1. The van der Waals surface area contributed by atoms with Gasteiger partial charge in [0, 0.05) is 13.0 Å². The van der Waals surface area contributed by atoms with Crippen LogP contribution in [0.4, 0.5) is 0 Å². The zero-order chi connectivity index (χ0) is 21.6. The van der Waals surface area contributed by atoms with E-state index in [1.165, 1.54) is 0 Å². The molecule has 0 aromatic carbocycles. The average Bonchev–Trinajstić information content (AvgIpc) is 2.73. The van der Waals surface area contributed by atoms with Crippen molar-refractivity contribution >= 4 is 5.91 Å². The first-order valence-corrected chi connectivity index (χ1v) is 10.3. The fourth-order valence-electron chi connectivity index (χ4n) is 2.13. The number of hydrogen-bond donors (Lipinski definition) is 4. The molecule has 0 rings (SSSR count). The normalized spacial score (nSPS) is 15.0. The molecule has 1 amide bonds. The highest BCUT2D eigenvalue weighted by atomic mass is 16.3. The van der Waals surface area contributed by atoms with Gasteiger partial charge in [-0.3, -0.25) is 4.79 Å². The number of rotatable bonds is 16. The van der Waals surface area contributed by atoms with Crippen LogP contribution in [0.3, 0.4) is 0 Å². The van der Waals surface area contributed by atoms with Crippen molar-refractivity contribution in [2.24, 2.45) is 0 Å². The SMILES string of the molecule is CCC(O)/C=C/C=C\C/C=C\CC\C=C/C=C\C=C\[C@H](O)CCC(=O)NCCO. The van der Waals surface area contributed by atoms with Crippen molar-refractivity contribution in [3.63, 3.8) is 0 Å². The van der Waals surface area contributed by atoms with E-state index in [1.54, 1.807) is 18.2 Å². The highest BCUT2D eigenvalue weighted by molar-refractivity contribution is 5.75. The quantitative estimate of drug-likeness (QED) is 0.180. The molecule has 0 aliphatic heterocycles. The molecular weight excluding hydrogens is 366 g/mol. The summed E-state index contributed by atoms with van der Waals surface area (Å²) < 4.78 is 0. The maximum Gasteiger partial charge on any atom is 0.220 e. The first-order valence-electron chi connectivity index (χ1n) is 10.3. The maximum absolute atomic E-state index is 11.3. The molecule has 0 saturated carbocycles. The number of nitrogens with one attached hydrogen (secondary N) is 1. The van der Waals surface area contributed by atoms with Gasteiger partial charge in [-0.15, -0.1) is 0 Å². The Labute approximate surface area is 175 Å². The van der Waals surface area contributed by atoms with E-state index < -0.39 is 6.10 Å². The van der Waals surface area contributed by atoms with Gasteiger partial charge in [-0.1, -0.05) is 79.8 Å². The van der Waals surface area contributed by atoms with E-state index in [9.17, 15) is 15.0 Å². The van der Waals surface area contributed by atoms with Crippen molar-refractivity contribution < 1.29 is 20.1 Å². The van der Waals surface area contributed by atoms with Crippen LogP contribution in [0.1, 0.15) is 45.4 Å². The van der Waals surface area contributed by atoms with Gasteiger partial charge in [0.05, 0.1) is 18.8 Å². The minimum absolute atomic E-state index is 0.0798. The number of allylic oxidation sites excluding steroid dienone is 10. The van der Waals surface area contributed by atoms with Crippen LogP contribution >= 0.6 is 0 Å². The Morgan fingerprint density at radius 1 is 0.862 bits per heavy atom. The number of hydrogen-bond acceptors (Lipinski definition) is 4. The first-order chi connectivity index (χ1) is 14.1. The topological polar surface area (TPSA) is 89.8 Å². The molecule has 0 heterocycles. The lowest BCUT2D eigenvalue weighted by molar-refractivity contribution is -0.121. The predicted octanol–water partition coefficient (Wildman–Crippen LogP) is 3.51. The number of carbonyl (C=O) groups is 1. The fourth-order valence-corrected chi connectivity index (χ4v) is 2.13. The maximum atomic E-state index is 11.3. The van der Waals surface area contributed by atoms with E-state index in [4.69, 9.17) is 5.11 Å². The van der Waals surface area contributed by atoms with Gasteiger partial charge in [-0.25, -0.2) is 0 Å². The molecule has 0 bridgehead atoms. The Kier molecular flexibility index (Phi) is 19.0. The largest absolute Gasteiger partial charge is 0.395 e. The predicted molar refractivity (Wildman–Crippen MR) is 120 cm³/mol. The summed E-state index contributed by atoms with van der Waals surface area (Å²) in [7, 11) is 0. The van der Waals surface area contributed by atoms with Crippen LogP contribution in [0.5, 0.6) is 0 Å². The van der Waals surface area contributed by atoms with Gasteiger partial charge in [0.2, 0.25) is 5.91 Å². The van der Waals surface area contributed by atoms with Crippen molar-refractivity contribution in [2.75, 3.05) is 13.2 Å². The third-order valence-corrected chi connectivity index (χ3v) is 3.84. The summed E-state index contributed by atoms with van der Waals surface area (Å²) in [5.74, 6) is -0.168. The van der Waals surface area contributed by atoms with Crippen molar-refractivity contribution in [3.05, 3.63) is 72.9 Å². The van der Waals surface area contributed by atoms with Gasteiger partial charge in [-0.2, -0.15) is 0 Å². The van der Waals surface area contributed by atoms with Crippen molar-refractivity contribution in [1.82, 2.24) is 5.32 Å². The van der Waals surface area contributed by atoms with Crippen LogP contribution in [0.25, 0.3) is 0 Å². The average molecular weight is 404 g/mol. The van der Waals surface area contributed by atoms with Crippen LogP contribution in [0, 0.1) is 0 Å². The lowest BCUT2D eigenvalue weighted by atomic mass is 10.1. The molecule has 1 unspecified atom stereocenters. The van der Waals surface area contributed by atoms with Crippen LogP contribution in [0.2, 0.25) is 0 Å². The zero-order valence-electron chi connectivity index (χ0n) is 17.5. The molecule has 162 valence electrons. The van der Waals surface area contributed by atoms with Crippen LogP contribution < -0.4 is 5.32 Å². The number of amides is 1. The molecule has 2 atom stereocenters. The molecule has 0 fully saturated rings. The van der Waals surface area contributed by atoms with Crippen molar-refractivity contribution in [3.8, 4) is 0 Å². The second-order valence-corrected chi connectivity index (χ2v) is 6.45. The Morgan fingerprint density at radius 3 is 2.28 bits per heavy atom. The third-order valence-electron chi connectivity index (χ3n) is 3.84. The minimum atomic E-state index is -0.658. The molecule has 0 aliphatic carbocycles. The van der Waals surface area contributed by atoms with Gasteiger partial charge in [0.25, 0.3) is 0 Å². The number of aliphatic hydroxyl groups is 3. The highest BCUT2D eigenvalue weighted by Crippen LogP contribution is 2.00. The zero-order valence-corrected chi connectivity index (χ0v) is 17.5. The third kappa shape index (κ3) is 20.3. The molecule has 0 radical (unpaired) electrons. The van der Waals surface area contributed by atoms with E-state index >= 15 is 0 Å². The van der Waals surface area contributed by atoms with Crippen molar-refractivity contribution in [1.29, 1.82) is 0 Å². The molecule has 4 N–H and O–H groups in total. The Balaban J connectivity index is 3.76. The molecule has 5 nitrogen and oxygen atoms in total. The Bertz CT molecular complexity index is 573. The smallest absolute Gasteiger partial charge is 0.220 e. The molecular formula is C24H37NO4. The first kappa shape index (κ1) is 26.8. The standard InChI is InChI=1S/C24H37NO4/c1-2-22(27)16-14-12-10-8-6-4-3-5-7-9-11-13-15-17-23(28)18-19-24(29)25-20-21-26/h4,6-7,9-17,22-23,26-28H,2-3,5,8,18-21H2,1H3,(H,25,29)/b6-4-,9-7-,12-10-,13-11-,16-14+,17-15+/t22?,23-/m0/s1. The van der Waals surface area contributed by atoms with Gasteiger partial charge < -0.3 is 20.6 Å². The van der Waals surface area contributed by atoms with Gasteiger partial charge >= 0.3 is 0 Å². The van der Waals surface area contributed by atoms with E-state index in [0.717, 1.165) is 25.7 Å². The van der Waals surface area contributed by atoms with Crippen LogP contribution in [-0.4, -0.2) is 46.6 Å². The summed E-state index contributed by atoms with van der Waals surface area (Å²) >= 11 is 0. The molecule has 0 aliphatic rings. The molecule has 5 heteroatoms. The van der Waals surface area contributed by atoms with E-state index in [0.29, 0.717) is 6.42 Å². The van der Waals surface area contributed by atoms with Crippen LogP contribution in [-0.2, 0) is 4.79 Å². The van der Waals surface area contributed by atoms with E-state index in [2.05, 4.69) is 29.6 Å². The summed E-state index contributed by atoms with van der Waals surface area (Å²) in [4.78, 5) is 11.3. The second-order valence-electron chi connectivity index (χ2n) is 6.45. The lowest BCUT2D eigenvalue weighted by Gasteiger charge is -2.05.